The molecule has 1 aromatic carbocycles. The maximum atomic E-state index is 14.7. The van der Waals surface area contributed by atoms with Gasteiger partial charge < -0.3 is 29.7 Å². The van der Waals surface area contributed by atoms with Gasteiger partial charge in [0.1, 0.15) is 5.69 Å². The molecule has 4 heterocycles. The molecule has 5 rings (SSSR count). The molecule has 0 spiro atoms. The van der Waals surface area contributed by atoms with Gasteiger partial charge in [0.25, 0.3) is 5.91 Å². The van der Waals surface area contributed by atoms with Crippen LogP contribution in [0.2, 0.25) is 0 Å². The Morgan fingerprint density at radius 2 is 2.09 bits per heavy atom. The largest absolute Gasteiger partial charge is 0.389 e. The summed E-state index contributed by atoms with van der Waals surface area (Å²) >= 11 is 0. The molecule has 170 valence electrons. The van der Waals surface area contributed by atoms with Gasteiger partial charge in [0.15, 0.2) is 5.82 Å². The Labute approximate surface area is 185 Å². The third kappa shape index (κ3) is 3.89. The van der Waals surface area contributed by atoms with E-state index in [1.54, 1.807) is 18.2 Å². The molecule has 2 saturated heterocycles. The molecule has 0 aliphatic carbocycles. The predicted molar refractivity (Wildman–Crippen MR) is 115 cm³/mol. The number of hydrogen-bond acceptors (Lipinski definition) is 8. The second-order valence-electron chi connectivity index (χ2n) is 8.41. The molecule has 3 aliphatic rings. The third-order valence-electron chi connectivity index (χ3n) is 6.27. The minimum absolute atomic E-state index is 0.0189. The number of amides is 1. The number of anilines is 2. The summed E-state index contributed by atoms with van der Waals surface area (Å²) < 4.78 is 25.5. The van der Waals surface area contributed by atoms with Crippen LogP contribution < -0.4 is 10.2 Å². The fourth-order valence-corrected chi connectivity index (χ4v) is 4.51. The fourth-order valence-electron chi connectivity index (χ4n) is 4.51. The van der Waals surface area contributed by atoms with Gasteiger partial charge in [-0.15, -0.1) is 0 Å². The molecule has 32 heavy (non-hydrogen) atoms. The Kier molecular flexibility index (Phi) is 5.66. The van der Waals surface area contributed by atoms with Gasteiger partial charge in [0, 0.05) is 32.3 Å². The average molecular weight is 443 g/mol. The first-order valence-electron chi connectivity index (χ1n) is 10.8. The Hall–Kier alpha value is -2.82. The number of fused-ring (bicyclic) bond motifs is 2. The van der Waals surface area contributed by atoms with Crippen LogP contribution in [-0.2, 0) is 9.47 Å². The quantitative estimate of drug-likeness (QED) is 0.729. The first-order chi connectivity index (χ1) is 15.5. The van der Waals surface area contributed by atoms with Gasteiger partial charge in [-0.25, -0.2) is 14.4 Å². The van der Waals surface area contributed by atoms with E-state index in [0.717, 1.165) is 11.9 Å². The van der Waals surface area contributed by atoms with E-state index in [0.29, 0.717) is 50.5 Å². The number of carbonyl (C=O) groups is 1. The number of rotatable bonds is 3. The number of aliphatic hydroxyl groups is 1. The van der Waals surface area contributed by atoms with Crippen LogP contribution in [0.4, 0.5) is 16.0 Å². The van der Waals surface area contributed by atoms with Gasteiger partial charge in [-0.05, 0) is 18.6 Å². The van der Waals surface area contributed by atoms with Crippen LogP contribution in [-0.4, -0.2) is 90.6 Å². The molecule has 3 atom stereocenters. The number of aromatic nitrogens is 2. The number of halogens is 1. The highest BCUT2D eigenvalue weighted by Gasteiger charge is 2.34. The second-order valence-corrected chi connectivity index (χ2v) is 8.41. The predicted octanol–water partition coefficient (Wildman–Crippen LogP) is 1.14. The van der Waals surface area contributed by atoms with Crippen LogP contribution in [0, 0.1) is 5.82 Å². The van der Waals surface area contributed by atoms with Crippen molar-refractivity contribution >= 4 is 17.5 Å². The topological polar surface area (TPSA) is 100 Å². The van der Waals surface area contributed by atoms with Crippen molar-refractivity contribution in [1.82, 2.24) is 14.9 Å². The molecule has 9 nitrogen and oxygen atoms in total. The van der Waals surface area contributed by atoms with Crippen molar-refractivity contribution in [2.75, 3.05) is 56.8 Å². The number of nitrogens with one attached hydrogen (secondary N) is 1. The number of likely N-dealkylation sites (N-methyl/N-ethyl adjacent to an activating group) is 1. The van der Waals surface area contributed by atoms with Gasteiger partial charge in [0.2, 0.25) is 5.95 Å². The van der Waals surface area contributed by atoms with Crippen molar-refractivity contribution < 1.29 is 23.8 Å². The van der Waals surface area contributed by atoms with E-state index in [4.69, 9.17) is 9.47 Å². The van der Waals surface area contributed by atoms with Gasteiger partial charge in [-0.2, -0.15) is 0 Å². The zero-order valence-corrected chi connectivity index (χ0v) is 17.8. The summed E-state index contributed by atoms with van der Waals surface area (Å²) in [4.78, 5) is 25.4. The highest BCUT2D eigenvalue weighted by molar-refractivity contribution is 6.01. The maximum absolute atomic E-state index is 14.7. The van der Waals surface area contributed by atoms with Crippen LogP contribution >= 0.6 is 0 Å². The normalized spacial score (nSPS) is 25.7. The second kappa shape index (κ2) is 8.61. The highest BCUT2D eigenvalue weighted by Crippen LogP contribution is 2.32. The molecule has 0 bridgehead atoms. The smallest absolute Gasteiger partial charge is 0.256 e. The van der Waals surface area contributed by atoms with E-state index in [-0.39, 0.29) is 36.2 Å². The zero-order chi connectivity index (χ0) is 22.2. The molecule has 2 aromatic rings. The van der Waals surface area contributed by atoms with Gasteiger partial charge in [-0.3, -0.25) is 4.79 Å². The first-order valence-corrected chi connectivity index (χ1v) is 10.8. The lowest BCUT2D eigenvalue weighted by molar-refractivity contribution is -0.0136. The van der Waals surface area contributed by atoms with E-state index in [1.165, 1.54) is 0 Å². The molecule has 2 fully saturated rings. The fraction of sp³-hybridized carbons (Fsp3) is 0.500. The molecule has 0 saturated carbocycles. The third-order valence-corrected chi connectivity index (χ3v) is 6.27. The van der Waals surface area contributed by atoms with Crippen molar-refractivity contribution in [1.29, 1.82) is 0 Å². The van der Waals surface area contributed by atoms with Crippen molar-refractivity contribution in [3.8, 4) is 11.3 Å². The molecular formula is C22H26FN5O4. The lowest BCUT2D eigenvalue weighted by atomic mass is 10.0. The summed E-state index contributed by atoms with van der Waals surface area (Å²) in [7, 11) is 1.92. The number of aliphatic hydroxyl groups excluding tert-OH is 1. The van der Waals surface area contributed by atoms with Gasteiger partial charge >= 0.3 is 0 Å². The summed E-state index contributed by atoms with van der Waals surface area (Å²) in [5.41, 5.74) is 2.00. The van der Waals surface area contributed by atoms with Crippen LogP contribution in [0.15, 0.2) is 24.4 Å². The number of benzene rings is 1. The number of hydrogen-bond donors (Lipinski definition) is 2. The summed E-state index contributed by atoms with van der Waals surface area (Å²) in [6, 6.07) is 4.96. The summed E-state index contributed by atoms with van der Waals surface area (Å²) in [6.07, 6.45) is 1.04. The summed E-state index contributed by atoms with van der Waals surface area (Å²) in [6.45, 7) is 2.99. The first kappa shape index (κ1) is 21.0. The minimum Gasteiger partial charge on any atom is -0.389 e. The Bertz CT molecular complexity index is 1020. The number of ether oxygens (including phenoxy) is 2. The Morgan fingerprint density at radius 3 is 2.94 bits per heavy atom. The van der Waals surface area contributed by atoms with Crippen molar-refractivity contribution in [3.63, 3.8) is 0 Å². The zero-order valence-electron chi connectivity index (χ0n) is 17.8. The lowest BCUT2D eigenvalue weighted by Crippen LogP contribution is -2.51. The number of nitrogens with zero attached hydrogens (tertiary/aromatic N) is 4. The van der Waals surface area contributed by atoms with E-state index < -0.39 is 11.9 Å². The molecule has 2 N–H and O–H groups in total. The molecule has 0 radical (unpaired) electrons. The standard InChI is InChI=1S/C22H26FN5O4/c1-27-10-14-11-32-7-5-28(14)21(30)15-3-2-13(8-18(15)27)20-16(23)9-24-22(26-20)25-17-4-6-31-12-19(17)29/h2-3,8-9,14,17,19,29H,4-7,10-12H2,1H3,(H,24,25,26)/t14?,17-,19-/m0/s1. The lowest BCUT2D eigenvalue weighted by Gasteiger charge is -2.35. The number of carbonyl (C=O) groups excluding carboxylic acids is 1. The Morgan fingerprint density at radius 1 is 1.25 bits per heavy atom. The van der Waals surface area contributed by atoms with Crippen LogP contribution in [0.25, 0.3) is 11.3 Å². The minimum atomic E-state index is -0.685. The van der Waals surface area contributed by atoms with Gasteiger partial charge in [-0.1, -0.05) is 6.07 Å². The van der Waals surface area contributed by atoms with E-state index in [2.05, 4.69) is 15.3 Å². The number of morpholine rings is 1. The van der Waals surface area contributed by atoms with E-state index >= 15 is 0 Å². The van der Waals surface area contributed by atoms with Crippen LogP contribution in [0.5, 0.6) is 0 Å². The van der Waals surface area contributed by atoms with Crippen molar-refractivity contribution in [2.24, 2.45) is 0 Å². The monoisotopic (exact) mass is 443 g/mol. The molecule has 1 unspecified atom stereocenters. The maximum Gasteiger partial charge on any atom is 0.256 e. The molecule has 3 aliphatic heterocycles. The van der Waals surface area contributed by atoms with E-state index in [9.17, 15) is 14.3 Å². The van der Waals surface area contributed by atoms with Crippen molar-refractivity contribution in [2.45, 2.75) is 24.6 Å². The van der Waals surface area contributed by atoms with Crippen molar-refractivity contribution in [3.05, 3.63) is 35.8 Å². The molecule has 10 heteroatoms. The molecular weight excluding hydrogens is 417 g/mol. The van der Waals surface area contributed by atoms with Crippen LogP contribution in [0.3, 0.4) is 0 Å². The van der Waals surface area contributed by atoms with E-state index in [1.807, 2.05) is 16.8 Å². The molecule has 1 amide bonds. The SMILES string of the molecule is CN1CC2COCCN2C(=O)c2ccc(-c3nc(N[C@H]4CCOC[C@@H]4O)ncc3F)cc21. The molecule has 1 aromatic heterocycles. The summed E-state index contributed by atoms with van der Waals surface area (Å²) in [5, 5.41) is 13.2. The Balaban J connectivity index is 1.46. The summed E-state index contributed by atoms with van der Waals surface area (Å²) in [5.74, 6) is -0.360. The highest BCUT2D eigenvalue weighted by atomic mass is 19.1. The average Bonchev–Trinajstić information content (AvgIpc) is 2.91. The van der Waals surface area contributed by atoms with Gasteiger partial charge in [0.05, 0.1) is 55.5 Å². The van der Waals surface area contributed by atoms with Crippen LogP contribution in [0.1, 0.15) is 16.8 Å².